The van der Waals surface area contributed by atoms with Gasteiger partial charge in [-0.1, -0.05) is 13.8 Å². The lowest BCUT2D eigenvalue weighted by molar-refractivity contribution is 0.259. The fourth-order valence-electron chi connectivity index (χ4n) is 1.57. The summed E-state index contributed by atoms with van der Waals surface area (Å²) in [5.41, 5.74) is 1.17. The van der Waals surface area contributed by atoms with Crippen molar-refractivity contribution in [1.29, 1.82) is 0 Å². The van der Waals surface area contributed by atoms with Crippen LogP contribution in [0.4, 0.5) is 5.82 Å². The number of aromatic nitrogens is 1. The van der Waals surface area contributed by atoms with Crippen LogP contribution in [0.5, 0.6) is 0 Å². The predicted molar refractivity (Wildman–Crippen MR) is 62.9 cm³/mol. The molecule has 15 heavy (non-hydrogen) atoms. The zero-order chi connectivity index (χ0) is 11.3. The van der Waals surface area contributed by atoms with Crippen LogP contribution < -0.4 is 5.32 Å². The Morgan fingerprint density at radius 3 is 2.73 bits per heavy atom. The van der Waals surface area contributed by atoms with Gasteiger partial charge in [-0.3, -0.25) is 0 Å². The van der Waals surface area contributed by atoms with E-state index in [9.17, 15) is 5.11 Å². The summed E-state index contributed by atoms with van der Waals surface area (Å²) in [6.45, 7) is 6.47. The van der Waals surface area contributed by atoms with Gasteiger partial charge >= 0.3 is 0 Å². The maximum Gasteiger partial charge on any atom is 0.126 e. The Morgan fingerprint density at radius 1 is 1.47 bits per heavy atom. The highest BCUT2D eigenvalue weighted by atomic mass is 16.3. The minimum absolute atomic E-state index is 0.0966. The number of hydrogen-bond acceptors (Lipinski definition) is 3. The average molecular weight is 208 g/mol. The summed E-state index contributed by atoms with van der Waals surface area (Å²) in [6.07, 6.45) is 2.73. The maximum atomic E-state index is 9.22. The molecule has 0 spiro atoms. The molecule has 0 aliphatic rings. The molecule has 2 N–H and O–H groups in total. The Kier molecular flexibility index (Phi) is 4.56. The highest BCUT2D eigenvalue weighted by Gasteiger charge is 2.09. The van der Waals surface area contributed by atoms with Crippen LogP contribution >= 0.6 is 0 Å². The molecule has 0 bridgehead atoms. The quantitative estimate of drug-likeness (QED) is 0.779. The van der Waals surface area contributed by atoms with Crippen LogP contribution in [0, 0.1) is 12.8 Å². The molecule has 1 aromatic rings. The van der Waals surface area contributed by atoms with Crippen LogP contribution in [0.25, 0.3) is 0 Å². The largest absolute Gasteiger partial charge is 0.394 e. The Hall–Kier alpha value is -1.09. The van der Waals surface area contributed by atoms with E-state index < -0.39 is 0 Å². The van der Waals surface area contributed by atoms with Crippen molar-refractivity contribution in [1.82, 2.24) is 4.98 Å². The molecule has 1 atom stereocenters. The van der Waals surface area contributed by atoms with E-state index in [0.29, 0.717) is 5.92 Å². The third-order valence-electron chi connectivity index (χ3n) is 2.24. The summed E-state index contributed by atoms with van der Waals surface area (Å²) >= 11 is 0. The lowest BCUT2D eigenvalue weighted by atomic mass is 10.0. The number of anilines is 1. The van der Waals surface area contributed by atoms with E-state index >= 15 is 0 Å². The zero-order valence-corrected chi connectivity index (χ0v) is 9.70. The number of pyridine rings is 1. The summed E-state index contributed by atoms with van der Waals surface area (Å²) in [7, 11) is 0. The van der Waals surface area contributed by atoms with Gasteiger partial charge in [0.15, 0.2) is 0 Å². The minimum Gasteiger partial charge on any atom is -0.394 e. The van der Waals surface area contributed by atoms with Crippen molar-refractivity contribution in [2.24, 2.45) is 5.92 Å². The monoisotopic (exact) mass is 208 g/mol. The van der Waals surface area contributed by atoms with Crippen molar-refractivity contribution in [3.05, 3.63) is 23.9 Å². The van der Waals surface area contributed by atoms with Crippen LogP contribution in [0.15, 0.2) is 18.3 Å². The molecule has 0 saturated heterocycles. The van der Waals surface area contributed by atoms with Crippen LogP contribution in [-0.4, -0.2) is 22.7 Å². The van der Waals surface area contributed by atoms with E-state index in [1.165, 1.54) is 5.56 Å². The predicted octanol–water partition coefficient (Wildman–Crippen LogP) is 2.21. The van der Waals surface area contributed by atoms with Crippen molar-refractivity contribution in [3.63, 3.8) is 0 Å². The van der Waals surface area contributed by atoms with Crippen LogP contribution in [0.2, 0.25) is 0 Å². The molecule has 84 valence electrons. The summed E-state index contributed by atoms with van der Waals surface area (Å²) in [5, 5.41) is 12.5. The summed E-state index contributed by atoms with van der Waals surface area (Å²) in [5.74, 6) is 1.41. The van der Waals surface area contributed by atoms with Gasteiger partial charge in [0, 0.05) is 6.20 Å². The second-order valence-corrected chi connectivity index (χ2v) is 4.37. The molecule has 0 fully saturated rings. The Labute approximate surface area is 91.5 Å². The first-order valence-electron chi connectivity index (χ1n) is 5.42. The Morgan fingerprint density at radius 2 is 2.20 bits per heavy atom. The standard InChI is InChI=1S/C12H20N2O/c1-9(2)6-11(8-15)14-12-7-10(3)4-5-13-12/h4-5,7,9,11,15H,6,8H2,1-3H3,(H,13,14). The normalized spacial score (nSPS) is 12.9. The van der Waals surface area contributed by atoms with Gasteiger partial charge in [-0.05, 0) is 37.0 Å². The molecule has 0 aliphatic carbocycles. The first kappa shape index (κ1) is 12.0. The van der Waals surface area contributed by atoms with Gasteiger partial charge in [0.25, 0.3) is 0 Å². The molecule has 3 nitrogen and oxygen atoms in total. The molecule has 1 rings (SSSR count). The molecule has 1 unspecified atom stereocenters. The maximum absolute atomic E-state index is 9.22. The van der Waals surface area contributed by atoms with E-state index in [1.807, 2.05) is 19.1 Å². The van der Waals surface area contributed by atoms with Crippen molar-refractivity contribution < 1.29 is 5.11 Å². The second-order valence-electron chi connectivity index (χ2n) is 4.37. The van der Waals surface area contributed by atoms with E-state index in [1.54, 1.807) is 6.20 Å². The van der Waals surface area contributed by atoms with Crippen molar-refractivity contribution in [3.8, 4) is 0 Å². The molecule has 0 aromatic carbocycles. The molecule has 0 saturated carbocycles. The van der Waals surface area contributed by atoms with E-state index in [0.717, 1.165) is 12.2 Å². The lowest BCUT2D eigenvalue weighted by Crippen LogP contribution is -2.26. The van der Waals surface area contributed by atoms with Gasteiger partial charge in [0.2, 0.25) is 0 Å². The molecule has 1 aromatic heterocycles. The molecular weight excluding hydrogens is 188 g/mol. The third kappa shape index (κ3) is 4.30. The van der Waals surface area contributed by atoms with Crippen LogP contribution in [-0.2, 0) is 0 Å². The molecule has 0 aliphatic heterocycles. The number of nitrogens with one attached hydrogen (secondary N) is 1. The zero-order valence-electron chi connectivity index (χ0n) is 9.70. The summed E-state index contributed by atoms with van der Waals surface area (Å²) in [4.78, 5) is 4.21. The fraction of sp³-hybridized carbons (Fsp3) is 0.583. The highest BCUT2D eigenvalue weighted by molar-refractivity contribution is 5.37. The first-order chi connectivity index (χ1) is 7.11. The smallest absolute Gasteiger partial charge is 0.126 e. The van der Waals surface area contributed by atoms with Gasteiger partial charge in [-0.25, -0.2) is 4.98 Å². The SMILES string of the molecule is Cc1ccnc(NC(CO)CC(C)C)c1. The number of aliphatic hydroxyl groups excluding tert-OH is 1. The molecule has 0 amide bonds. The second kappa shape index (κ2) is 5.71. The topological polar surface area (TPSA) is 45.2 Å². The third-order valence-corrected chi connectivity index (χ3v) is 2.24. The van der Waals surface area contributed by atoms with Crippen LogP contribution in [0.1, 0.15) is 25.8 Å². The van der Waals surface area contributed by atoms with E-state index in [2.05, 4.69) is 24.1 Å². The Bertz CT molecular complexity index is 299. The van der Waals surface area contributed by atoms with Crippen molar-refractivity contribution in [2.75, 3.05) is 11.9 Å². The molecule has 0 radical (unpaired) electrons. The van der Waals surface area contributed by atoms with Gasteiger partial charge < -0.3 is 10.4 Å². The van der Waals surface area contributed by atoms with Crippen molar-refractivity contribution in [2.45, 2.75) is 33.2 Å². The molecule has 3 heteroatoms. The van der Waals surface area contributed by atoms with Gasteiger partial charge in [0.1, 0.15) is 5.82 Å². The highest BCUT2D eigenvalue weighted by Crippen LogP contribution is 2.11. The number of aliphatic hydroxyl groups is 1. The van der Waals surface area contributed by atoms with E-state index in [-0.39, 0.29) is 12.6 Å². The number of hydrogen-bond donors (Lipinski definition) is 2. The number of rotatable bonds is 5. The number of nitrogens with zero attached hydrogens (tertiary/aromatic N) is 1. The first-order valence-corrected chi connectivity index (χ1v) is 5.42. The van der Waals surface area contributed by atoms with Crippen molar-refractivity contribution >= 4 is 5.82 Å². The Balaban J connectivity index is 2.58. The van der Waals surface area contributed by atoms with Gasteiger partial charge in [-0.15, -0.1) is 0 Å². The minimum atomic E-state index is 0.0966. The summed E-state index contributed by atoms with van der Waals surface area (Å²) in [6, 6.07) is 4.05. The molecular formula is C12H20N2O. The van der Waals surface area contributed by atoms with E-state index in [4.69, 9.17) is 0 Å². The van der Waals surface area contributed by atoms with Gasteiger partial charge in [-0.2, -0.15) is 0 Å². The van der Waals surface area contributed by atoms with Crippen LogP contribution in [0.3, 0.4) is 0 Å². The summed E-state index contributed by atoms with van der Waals surface area (Å²) < 4.78 is 0. The average Bonchev–Trinajstić information content (AvgIpc) is 2.16. The fourth-order valence-corrected chi connectivity index (χ4v) is 1.57. The number of aryl methyl sites for hydroxylation is 1. The lowest BCUT2D eigenvalue weighted by Gasteiger charge is -2.18. The molecule has 1 heterocycles. The van der Waals surface area contributed by atoms with Gasteiger partial charge in [0.05, 0.1) is 12.6 Å².